The fourth-order valence-electron chi connectivity index (χ4n) is 2.95. The van der Waals surface area contributed by atoms with Crippen molar-refractivity contribution in [2.24, 2.45) is 0 Å². The number of thiol groups is 1. The largest absolute Gasteiger partial charge is 0.504 e. The molecule has 0 saturated carbocycles. The fourth-order valence-corrected chi connectivity index (χ4v) is 5.36. The van der Waals surface area contributed by atoms with Crippen LogP contribution >= 0.6 is 43.8 Å². The quantitative estimate of drug-likeness (QED) is 0.142. The van der Waals surface area contributed by atoms with Crippen LogP contribution in [0.25, 0.3) is 0 Å². The van der Waals surface area contributed by atoms with E-state index in [9.17, 15) is 5.11 Å². The lowest BCUT2D eigenvalue weighted by atomic mass is 9.90. The normalized spacial score (nSPS) is 14.0. The molecule has 0 heterocycles. The van der Waals surface area contributed by atoms with E-state index < -0.39 is 0 Å². The SMILES string of the molecule is CCC(CC)(Pc1c(C)cccc1CS)C(=C/C=C\I)/C(O)=C/OC. The summed E-state index contributed by atoms with van der Waals surface area (Å²) in [6.07, 6.45) is 7.28. The predicted octanol–water partition coefficient (Wildman–Crippen LogP) is 6.21. The molecule has 1 aromatic carbocycles. The molecule has 1 rings (SSSR count). The van der Waals surface area contributed by atoms with Gasteiger partial charge in [0.05, 0.1) is 7.11 Å². The van der Waals surface area contributed by atoms with Gasteiger partial charge in [0.2, 0.25) is 0 Å². The minimum Gasteiger partial charge on any atom is -0.504 e. The van der Waals surface area contributed by atoms with Crippen LogP contribution in [0.3, 0.4) is 0 Å². The van der Waals surface area contributed by atoms with Crippen molar-refractivity contribution in [2.45, 2.75) is 44.5 Å². The van der Waals surface area contributed by atoms with E-state index in [1.807, 2.05) is 16.2 Å². The Morgan fingerprint density at radius 3 is 2.56 bits per heavy atom. The van der Waals surface area contributed by atoms with Gasteiger partial charge in [0.25, 0.3) is 0 Å². The third-order valence-electron chi connectivity index (χ3n) is 4.46. The van der Waals surface area contributed by atoms with Crippen molar-refractivity contribution in [3.63, 3.8) is 0 Å². The number of hydrogen-bond acceptors (Lipinski definition) is 3. The predicted molar refractivity (Wildman–Crippen MR) is 124 cm³/mol. The van der Waals surface area contributed by atoms with E-state index in [1.54, 1.807) is 7.11 Å². The molecule has 1 aromatic rings. The smallest absolute Gasteiger partial charge is 0.154 e. The minimum absolute atomic E-state index is 0.140. The average molecular weight is 490 g/mol. The number of rotatable bonds is 9. The molecule has 1 unspecified atom stereocenters. The lowest BCUT2D eigenvalue weighted by Gasteiger charge is -2.35. The monoisotopic (exact) mass is 490 g/mol. The van der Waals surface area contributed by atoms with E-state index >= 15 is 0 Å². The van der Waals surface area contributed by atoms with E-state index in [0.29, 0.717) is 8.58 Å². The number of hydrogen-bond donors (Lipinski definition) is 2. The average Bonchev–Trinajstić information content (AvgIpc) is 2.62. The van der Waals surface area contributed by atoms with Crippen molar-refractivity contribution < 1.29 is 9.84 Å². The van der Waals surface area contributed by atoms with Crippen LogP contribution in [0.15, 0.2) is 52.0 Å². The van der Waals surface area contributed by atoms with Gasteiger partial charge >= 0.3 is 0 Å². The summed E-state index contributed by atoms with van der Waals surface area (Å²) in [6, 6.07) is 6.40. The minimum atomic E-state index is -0.140. The van der Waals surface area contributed by atoms with E-state index in [2.05, 4.69) is 74.2 Å². The number of aliphatic hydroxyl groups is 1. The number of aryl methyl sites for hydroxylation is 1. The van der Waals surface area contributed by atoms with Crippen LogP contribution in [0.5, 0.6) is 0 Å². The molecule has 0 spiro atoms. The van der Waals surface area contributed by atoms with E-state index in [1.165, 1.54) is 22.7 Å². The topological polar surface area (TPSA) is 29.5 Å². The van der Waals surface area contributed by atoms with Gasteiger partial charge in [-0.1, -0.05) is 75.4 Å². The number of halogens is 1. The second kappa shape index (κ2) is 11.3. The number of methoxy groups -OCH3 is 1. The fraction of sp³-hybridized carbons (Fsp3) is 0.400. The van der Waals surface area contributed by atoms with E-state index in [-0.39, 0.29) is 10.9 Å². The van der Waals surface area contributed by atoms with Gasteiger partial charge in [0.1, 0.15) is 6.26 Å². The van der Waals surface area contributed by atoms with Crippen LogP contribution in [0.4, 0.5) is 0 Å². The van der Waals surface area contributed by atoms with Crippen molar-refractivity contribution in [2.75, 3.05) is 7.11 Å². The standard InChI is InChI=1S/C20H28IO2PS/c1-5-20(6-2,17(11-8-12-21)18(22)13-23-4)24-19-15(3)9-7-10-16(19)14-25/h7-13,22,24-25H,5-6,14H2,1-4H3/b12-8-,17-11+,18-13-. The van der Waals surface area contributed by atoms with Crippen molar-refractivity contribution in [3.05, 3.63) is 63.2 Å². The Morgan fingerprint density at radius 2 is 2.04 bits per heavy atom. The van der Waals surface area contributed by atoms with Crippen molar-refractivity contribution in [3.8, 4) is 0 Å². The van der Waals surface area contributed by atoms with Gasteiger partial charge < -0.3 is 9.84 Å². The molecule has 0 amide bonds. The summed E-state index contributed by atoms with van der Waals surface area (Å²) in [6.45, 7) is 6.54. The molecule has 0 fully saturated rings. The molecule has 1 atom stereocenters. The molecular weight excluding hydrogens is 462 g/mol. The summed E-state index contributed by atoms with van der Waals surface area (Å²) in [4.78, 5) is 0. The Labute approximate surface area is 173 Å². The first-order valence-electron chi connectivity index (χ1n) is 8.36. The molecule has 1 N–H and O–H groups in total. The van der Waals surface area contributed by atoms with Gasteiger partial charge in [-0.3, -0.25) is 0 Å². The maximum atomic E-state index is 10.6. The lowest BCUT2D eigenvalue weighted by molar-refractivity contribution is 0.298. The maximum Gasteiger partial charge on any atom is 0.154 e. The molecular formula is C20H28IO2PS. The first-order chi connectivity index (χ1) is 12.0. The molecule has 0 bridgehead atoms. The van der Waals surface area contributed by atoms with Crippen LogP contribution in [-0.4, -0.2) is 17.4 Å². The second-order valence-corrected chi connectivity index (χ2v) is 8.56. The third-order valence-corrected chi connectivity index (χ3v) is 7.63. The molecule has 0 radical (unpaired) electrons. The highest BCUT2D eigenvalue weighted by Gasteiger charge is 2.34. The van der Waals surface area contributed by atoms with Crippen LogP contribution in [0.2, 0.25) is 0 Å². The van der Waals surface area contributed by atoms with Crippen LogP contribution in [-0.2, 0) is 10.5 Å². The zero-order chi connectivity index (χ0) is 18.9. The van der Waals surface area contributed by atoms with E-state index in [4.69, 9.17) is 4.74 Å². The Morgan fingerprint density at radius 1 is 1.36 bits per heavy atom. The van der Waals surface area contributed by atoms with Gasteiger partial charge in [0.15, 0.2) is 5.76 Å². The summed E-state index contributed by atoms with van der Waals surface area (Å²) in [5.74, 6) is 0.925. The third kappa shape index (κ3) is 5.77. The maximum absolute atomic E-state index is 10.6. The van der Waals surface area contributed by atoms with Crippen molar-refractivity contribution in [1.82, 2.24) is 0 Å². The van der Waals surface area contributed by atoms with Gasteiger partial charge in [-0.25, -0.2) is 0 Å². The zero-order valence-corrected chi connectivity index (χ0v) is 19.4. The highest BCUT2D eigenvalue weighted by Crippen LogP contribution is 2.47. The van der Waals surface area contributed by atoms with Crippen molar-refractivity contribution in [1.29, 1.82) is 0 Å². The Bertz CT molecular complexity index is 649. The molecule has 0 saturated heterocycles. The summed E-state index contributed by atoms with van der Waals surface area (Å²) >= 11 is 6.71. The molecule has 5 heteroatoms. The molecule has 0 aliphatic carbocycles. The molecule has 138 valence electrons. The van der Waals surface area contributed by atoms with Crippen LogP contribution in [0, 0.1) is 6.92 Å². The van der Waals surface area contributed by atoms with Crippen molar-refractivity contribution >= 4 is 49.1 Å². The highest BCUT2D eigenvalue weighted by molar-refractivity contribution is 14.1. The Hall–Kier alpha value is -0.450. The molecule has 25 heavy (non-hydrogen) atoms. The second-order valence-electron chi connectivity index (χ2n) is 5.82. The van der Waals surface area contributed by atoms with Crippen LogP contribution < -0.4 is 5.30 Å². The summed E-state index contributed by atoms with van der Waals surface area (Å²) < 4.78 is 7.03. The van der Waals surface area contributed by atoms with Gasteiger partial charge in [-0.2, -0.15) is 12.6 Å². The van der Waals surface area contributed by atoms with Crippen LogP contribution in [0.1, 0.15) is 37.8 Å². The van der Waals surface area contributed by atoms with Gasteiger partial charge in [-0.15, -0.1) is 0 Å². The van der Waals surface area contributed by atoms with Gasteiger partial charge in [0, 0.05) is 16.5 Å². The number of aliphatic hydroxyl groups excluding tert-OH is 1. The summed E-state index contributed by atoms with van der Waals surface area (Å²) in [5.41, 5.74) is 3.49. The number of ether oxygens (including phenoxy) is 1. The summed E-state index contributed by atoms with van der Waals surface area (Å²) in [5, 5.41) is 11.8. The first kappa shape index (κ1) is 22.6. The molecule has 2 nitrogen and oxygen atoms in total. The highest BCUT2D eigenvalue weighted by atomic mass is 127. The van der Waals surface area contributed by atoms with Gasteiger partial charge in [-0.05, 0) is 40.3 Å². The molecule has 0 aromatic heterocycles. The lowest BCUT2D eigenvalue weighted by Crippen LogP contribution is -2.29. The van der Waals surface area contributed by atoms with E-state index in [0.717, 1.165) is 24.2 Å². The Balaban J connectivity index is 3.51. The Kier molecular flexibility index (Phi) is 10.2. The number of allylic oxidation sites excluding steroid dienone is 3. The summed E-state index contributed by atoms with van der Waals surface area (Å²) in [7, 11) is 2.11. The number of benzene rings is 1. The first-order valence-corrected chi connectivity index (χ1v) is 11.2. The molecule has 0 aliphatic rings. The molecule has 0 aliphatic heterocycles. The zero-order valence-electron chi connectivity index (χ0n) is 15.3.